The molecule has 1 aromatic heterocycles. The maximum Gasteiger partial charge on any atom is 0.0813 e. The Hall–Kier alpha value is -0.390. The summed E-state index contributed by atoms with van der Waals surface area (Å²) in [6, 6.07) is 0.217. The summed E-state index contributed by atoms with van der Waals surface area (Å²) in [5.41, 5.74) is 1.19. The minimum atomic E-state index is 0.217. The van der Waals surface area contributed by atoms with Gasteiger partial charge in [-0.25, -0.2) is 0 Å². The van der Waals surface area contributed by atoms with E-state index in [1.807, 2.05) is 17.9 Å². The molecule has 1 aliphatic carbocycles. The quantitative estimate of drug-likeness (QED) is 0.796. The number of nitrogens with zero attached hydrogens (tertiary/aromatic N) is 2. The maximum absolute atomic E-state index is 6.03. The number of aromatic nitrogens is 2. The van der Waals surface area contributed by atoms with Crippen molar-refractivity contribution in [2.45, 2.75) is 45.3 Å². The molecule has 1 aliphatic rings. The average molecular weight is 330 g/mol. The molecule has 1 aromatic rings. The van der Waals surface area contributed by atoms with E-state index in [0.29, 0.717) is 5.92 Å². The Bertz CT molecular complexity index is 384. The van der Waals surface area contributed by atoms with Crippen LogP contribution in [-0.2, 0) is 11.8 Å². The van der Waals surface area contributed by atoms with Gasteiger partial charge in [0, 0.05) is 13.7 Å². The van der Waals surface area contributed by atoms with E-state index in [-0.39, 0.29) is 12.1 Å². The van der Waals surface area contributed by atoms with Crippen molar-refractivity contribution in [1.29, 1.82) is 0 Å². The van der Waals surface area contributed by atoms with Crippen molar-refractivity contribution in [3.05, 3.63) is 16.4 Å². The van der Waals surface area contributed by atoms with E-state index in [1.54, 1.807) is 0 Å². The zero-order chi connectivity index (χ0) is 13.8. The summed E-state index contributed by atoms with van der Waals surface area (Å²) in [7, 11) is 2.00. The first-order valence-electron chi connectivity index (χ1n) is 7.21. The number of hydrogen-bond donors (Lipinski definition) is 1. The minimum absolute atomic E-state index is 0.217. The molecule has 1 heterocycles. The molecular weight excluding hydrogens is 306 g/mol. The lowest BCUT2D eigenvalue weighted by Gasteiger charge is -2.28. The second-order valence-corrected chi connectivity index (χ2v) is 6.04. The van der Waals surface area contributed by atoms with Crippen LogP contribution >= 0.6 is 15.9 Å². The van der Waals surface area contributed by atoms with Gasteiger partial charge in [0.25, 0.3) is 0 Å². The number of nitrogens with one attached hydrogen (secondary N) is 1. The van der Waals surface area contributed by atoms with E-state index in [2.05, 4.69) is 40.2 Å². The van der Waals surface area contributed by atoms with Gasteiger partial charge in [0.05, 0.1) is 28.5 Å². The van der Waals surface area contributed by atoms with Crippen molar-refractivity contribution in [3.63, 3.8) is 0 Å². The molecule has 0 bridgehead atoms. The zero-order valence-electron chi connectivity index (χ0n) is 12.0. The molecule has 0 amide bonds. The van der Waals surface area contributed by atoms with Crippen molar-refractivity contribution in [1.82, 2.24) is 15.1 Å². The first kappa shape index (κ1) is 15.0. The number of rotatable bonds is 8. The van der Waals surface area contributed by atoms with Gasteiger partial charge in [0.1, 0.15) is 0 Å². The largest absolute Gasteiger partial charge is 0.376 e. The third-order valence-electron chi connectivity index (χ3n) is 3.62. The standard InChI is InChI=1S/C14H24BrN3O/c1-4-8-16-12(13-11(15)9-17-18(13)3)14(19-5-2)10-6-7-10/h9-10,12,14,16H,4-8H2,1-3H3. The molecule has 0 saturated heterocycles. The molecule has 0 aromatic carbocycles. The Kier molecular flexibility index (Phi) is 5.42. The molecule has 2 rings (SSSR count). The lowest BCUT2D eigenvalue weighted by atomic mass is 10.0. The Balaban J connectivity index is 2.23. The van der Waals surface area contributed by atoms with Crippen LogP contribution in [-0.4, -0.2) is 29.0 Å². The average Bonchev–Trinajstić information content (AvgIpc) is 3.18. The van der Waals surface area contributed by atoms with Crippen molar-refractivity contribution in [2.24, 2.45) is 13.0 Å². The molecule has 1 saturated carbocycles. The molecule has 5 heteroatoms. The summed E-state index contributed by atoms with van der Waals surface area (Å²) in [5, 5.41) is 7.99. The molecule has 0 spiro atoms. The highest BCUT2D eigenvalue weighted by atomic mass is 79.9. The third-order valence-corrected chi connectivity index (χ3v) is 4.23. The van der Waals surface area contributed by atoms with Crippen LogP contribution in [0, 0.1) is 5.92 Å². The van der Waals surface area contributed by atoms with Gasteiger partial charge >= 0.3 is 0 Å². The van der Waals surface area contributed by atoms with Crippen LogP contribution in [0.15, 0.2) is 10.7 Å². The second kappa shape index (κ2) is 6.86. The van der Waals surface area contributed by atoms with E-state index in [4.69, 9.17) is 4.74 Å². The first-order chi connectivity index (χ1) is 9.19. The molecule has 0 radical (unpaired) electrons. The highest BCUT2D eigenvalue weighted by molar-refractivity contribution is 9.10. The molecule has 19 heavy (non-hydrogen) atoms. The monoisotopic (exact) mass is 329 g/mol. The van der Waals surface area contributed by atoms with Gasteiger partial charge in [-0.1, -0.05) is 6.92 Å². The van der Waals surface area contributed by atoms with Crippen LogP contribution in [0.1, 0.15) is 44.8 Å². The number of halogens is 1. The van der Waals surface area contributed by atoms with E-state index in [1.165, 1.54) is 18.5 Å². The van der Waals surface area contributed by atoms with Gasteiger partial charge in [0.2, 0.25) is 0 Å². The SMILES string of the molecule is CCCNC(c1c(Br)cnn1C)C(OCC)C1CC1. The molecular formula is C14H24BrN3O. The molecule has 1 N–H and O–H groups in total. The van der Waals surface area contributed by atoms with Crippen molar-refractivity contribution >= 4 is 15.9 Å². The van der Waals surface area contributed by atoms with Crippen LogP contribution in [0.4, 0.5) is 0 Å². The summed E-state index contributed by atoms with van der Waals surface area (Å²) in [6.45, 7) is 6.03. The van der Waals surface area contributed by atoms with Gasteiger partial charge in [-0.05, 0) is 54.6 Å². The second-order valence-electron chi connectivity index (χ2n) is 5.19. The Morgan fingerprint density at radius 1 is 1.53 bits per heavy atom. The van der Waals surface area contributed by atoms with Gasteiger partial charge < -0.3 is 10.1 Å². The summed E-state index contributed by atoms with van der Waals surface area (Å²) in [5.74, 6) is 0.691. The smallest absolute Gasteiger partial charge is 0.0813 e. The molecule has 1 fully saturated rings. The molecule has 0 aliphatic heterocycles. The van der Waals surface area contributed by atoms with Crippen molar-refractivity contribution in [3.8, 4) is 0 Å². The predicted octanol–water partition coefficient (Wildman–Crippen LogP) is 3.04. The van der Waals surface area contributed by atoms with E-state index >= 15 is 0 Å². The van der Waals surface area contributed by atoms with Gasteiger partial charge in [-0.15, -0.1) is 0 Å². The number of ether oxygens (including phenoxy) is 1. The van der Waals surface area contributed by atoms with E-state index in [0.717, 1.165) is 24.0 Å². The third kappa shape index (κ3) is 3.58. The van der Waals surface area contributed by atoms with Crippen LogP contribution in [0.25, 0.3) is 0 Å². The fourth-order valence-corrected chi connectivity index (χ4v) is 3.15. The normalized spacial score (nSPS) is 18.5. The Labute approximate surface area is 124 Å². The zero-order valence-corrected chi connectivity index (χ0v) is 13.6. The minimum Gasteiger partial charge on any atom is -0.376 e. The van der Waals surface area contributed by atoms with Gasteiger partial charge in [-0.2, -0.15) is 5.10 Å². The summed E-state index contributed by atoms with van der Waals surface area (Å²) in [6.07, 6.45) is 5.80. The van der Waals surface area contributed by atoms with Gasteiger partial charge in [0.15, 0.2) is 0 Å². The van der Waals surface area contributed by atoms with Crippen LogP contribution in [0.5, 0.6) is 0 Å². The Morgan fingerprint density at radius 2 is 2.26 bits per heavy atom. The highest BCUT2D eigenvalue weighted by Gasteiger charge is 2.39. The van der Waals surface area contributed by atoms with Crippen LogP contribution < -0.4 is 5.32 Å². The van der Waals surface area contributed by atoms with Crippen LogP contribution in [0.3, 0.4) is 0 Å². The Morgan fingerprint density at radius 3 is 2.74 bits per heavy atom. The topological polar surface area (TPSA) is 39.1 Å². The fraction of sp³-hybridized carbons (Fsp3) is 0.786. The van der Waals surface area contributed by atoms with Crippen molar-refractivity contribution in [2.75, 3.05) is 13.2 Å². The summed E-state index contributed by atoms with van der Waals surface area (Å²) >= 11 is 3.62. The first-order valence-corrected chi connectivity index (χ1v) is 8.00. The van der Waals surface area contributed by atoms with Crippen LogP contribution in [0.2, 0.25) is 0 Å². The van der Waals surface area contributed by atoms with E-state index < -0.39 is 0 Å². The fourth-order valence-electron chi connectivity index (χ4n) is 2.56. The molecule has 108 valence electrons. The lowest BCUT2D eigenvalue weighted by molar-refractivity contribution is 0.0164. The predicted molar refractivity (Wildman–Crippen MR) is 80.1 cm³/mol. The van der Waals surface area contributed by atoms with E-state index in [9.17, 15) is 0 Å². The highest BCUT2D eigenvalue weighted by Crippen LogP contribution is 2.41. The summed E-state index contributed by atoms with van der Waals surface area (Å²) in [4.78, 5) is 0. The van der Waals surface area contributed by atoms with Crippen molar-refractivity contribution < 1.29 is 4.74 Å². The van der Waals surface area contributed by atoms with Gasteiger partial charge in [-0.3, -0.25) is 4.68 Å². The lowest BCUT2D eigenvalue weighted by Crippen LogP contribution is -2.37. The maximum atomic E-state index is 6.03. The number of hydrogen-bond acceptors (Lipinski definition) is 3. The molecule has 2 unspecified atom stereocenters. The number of aryl methyl sites for hydroxylation is 1. The molecule has 2 atom stereocenters. The summed E-state index contributed by atoms with van der Waals surface area (Å²) < 4.78 is 9.05. The molecule has 4 nitrogen and oxygen atoms in total.